The van der Waals surface area contributed by atoms with E-state index in [9.17, 15) is 9.59 Å². The van der Waals surface area contributed by atoms with Gasteiger partial charge >= 0.3 is 0 Å². The molecule has 1 atom stereocenters. The van der Waals surface area contributed by atoms with Gasteiger partial charge in [-0.15, -0.1) is 0 Å². The standard InChI is InChI=1S/C20H24N6O2/c1-15-13-18(27)23-16-5-2-3-6-17(16)26(15)19(28)14-24-9-11-25(12-10-24)20-21-7-4-8-22-20/h2-8,15H,9-14H2,1H3,(H,23,27)/t15-/m0/s1. The molecule has 2 aliphatic heterocycles. The van der Waals surface area contributed by atoms with Gasteiger partial charge in [0.1, 0.15) is 0 Å². The van der Waals surface area contributed by atoms with Crippen molar-refractivity contribution in [3.8, 4) is 0 Å². The van der Waals surface area contributed by atoms with Gasteiger partial charge in [0.15, 0.2) is 0 Å². The molecule has 1 N–H and O–H groups in total. The van der Waals surface area contributed by atoms with E-state index in [1.54, 1.807) is 23.4 Å². The van der Waals surface area contributed by atoms with Gasteiger partial charge in [-0.2, -0.15) is 0 Å². The molecule has 28 heavy (non-hydrogen) atoms. The van der Waals surface area contributed by atoms with Gasteiger partial charge in [0.2, 0.25) is 17.8 Å². The summed E-state index contributed by atoms with van der Waals surface area (Å²) in [7, 11) is 0. The lowest BCUT2D eigenvalue weighted by atomic mass is 10.1. The summed E-state index contributed by atoms with van der Waals surface area (Å²) in [6.07, 6.45) is 3.77. The monoisotopic (exact) mass is 380 g/mol. The van der Waals surface area contributed by atoms with Gasteiger partial charge in [0, 0.05) is 51.0 Å². The van der Waals surface area contributed by atoms with E-state index in [0.717, 1.165) is 37.8 Å². The third-order valence-corrected chi connectivity index (χ3v) is 5.19. The van der Waals surface area contributed by atoms with Crippen molar-refractivity contribution < 1.29 is 9.59 Å². The number of hydrogen-bond donors (Lipinski definition) is 1. The number of piperazine rings is 1. The second-order valence-electron chi connectivity index (χ2n) is 7.19. The minimum Gasteiger partial charge on any atom is -0.338 e. The highest BCUT2D eigenvalue weighted by Gasteiger charge is 2.31. The molecule has 146 valence electrons. The molecule has 1 aromatic carbocycles. The summed E-state index contributed by atoms with van der Waals surface area (Å²) in [5.74, 6) is 0.681. The normalized spacial score (nSPS) is 20.3. The predicted molar refractivity (Wildman–Crippen MR) is 107 cm³/mol. The van der Waals surface area contributed by atoms with Crippen LogP contribution in [0.3, 0.4) is 0 Å². The second-order valence-corrected chi connectivity index (χ2v) is 7.19. The predicted octanol–water partition coefficient (Wildman–Crippen LogP) is 1.36. The van der Waals surface area contributed by atoms with E-state index < -0.39 is 0 Å². The van der Waals surface area contributed by atoms with Crippen molar-refractivity contribution in [1.29, 1.82) is 0 Å². The minimum absolute atomic E-state index is 0.0147. The van der Waals surface area contributed by atoms with Crippen molar-refractivity contribution >= 4 is 29.1 Å². The van der Waals surface area contributed by atoms with Gasteiger partial charge in [-0.1, -0.05) is 12.1 Å². The van der Waals surface area contributed by atoms with Crippen LogP contribution in [0.2, 0.25) is 0 Å². The zero-order valence-electron chi connectivity index (χ0n) is 15.9. The molecule has 2 aromatic rings. The zero-order valence-corrected chi connectivity index (χ0v) is 15.9. The van der Waals surface area contributed by atoms with Crippen LogP contribution < -0.4 is 15.1 Å². The summed E-state index contributed by atoms with van der Waals surface area (Å²) in [4.78, 5) is 39.9. The molecule has 1 fully saturated rings. The van der Waals surface area contributed by atoms with E-state index >= 15 is 0 Å². The Morgan fingerprint density at radius 1 is 1.11 bits per heavy atom. The van der Waals surface area contributed by atoms with Gasteiger partial charge in [0.05, 0.1) is 17.9 Å². The number of nitrogens with one attached hydrogen (secondary N) is 1. The molecular formula is C20H24N6O2. The Labute approximate surface area is 164 Å². The van der Waals surface area contributed by atoms with Crippen LogP contribution in [0.1, 0.15) is 13.3 Å². The van der Waals surface area contributed by atoms with Crippen molar-refractivity contribution in [2.45, 2.75) is 19.4 Å². The summed E-state index contributed by atoms with van der Waals surface area (Å²) >= 11 is 0. The second kappa shape index (κ2) is 7.93. The number of anilines is 3. The Hall–Kier alpha value is -3.00. The number of hydrogen-bond acceptors (Lipinski definition) is 6. The number of amides is 2. The minimum atomic E-state index is -0.185. The van der Waals surface area contributed by atoms with E-state index in [1.165, 1.54) is 0 Å². The maximum atomic E-state index is 13.2. The number of aromatic nitrogens is 2. The third kappa shape index (κ3) is 3.82. The number of nitrogens with zero attached hydrogens (tertiary/aromatic N) is 5. The Balaban J connectivity index is 1.43. The first-order valence-corrected chi connectivity index (χ1v) is 9.57. The highest BCUT2D eigenvalue weighted by Crippen LogP contribution is 2.31. The van der Waals surface area contributed by atoms with Crippen LogP contribution in [0.4, 0.5) is 17.3 Å². The topological polar surface area (TPSA) is 81.7 Å². The number of benzene rings is 1. The lowest BCUT2D eigenvalue weighted by Crippen LogP contribution is -2.51. The van der Waals surface area contributed by atoms with Crippen LogP contribution in [-0.4, -0.2) is 65.4 Å². The Morgan fingerprint density at radius 3 is 2.57 bits per heavy atom. The first-order valence-electron chi connectivity index (χ1n) is 9.57. The molecule has 0 bridgehead atoms. The molecule has 1 aromatic heterocycles. The molecule has 0 aliphatic carbocycles. The van der Waals surface area contributed by atoms with E-state index in [-0.39, 0.29) is 17.9 Å². The molecule has 3 heterocycles. The number of carbonyl (C=O) groups excluding carboxylic acids is 2. The van der Waals surface area contributed by atoms with E-state index in [4.69, 9.17) is 0 Å². The molecule has 4 rings (SSSR count). The summed E-state index contributed by atoms with van der Waals surface area (Å²) in [5, 5.41) is 2.90. The SMILES string of the molecule is C[C@H]1CC(=O)Nc2ccccc2N1C(=O)CN1CCN(c2ncccn2)CC1. The van der Waals surface area contributed by atoms with Gasteiger partial charge in [0.25, 0.3) is 0 Å². The van der Waals surface area contributed by atoms with Crippen molar-refractivity contribution in [2.24, 2.45) is 0 Å². The van der Waals surface area contributed by atoms with Crippen LogP contribution in [0.15, 0.2) is 42.7 Å². The molecule has 2 amide bonds. The van der Waals surface area contributed by atoms with Crippen molar-refractivity contribution in [2.75, 3.05) is 47.8 Å². The smallest absolute Gasteiger partial charge is 0.241 e. The molecule has 2 aliphatic rings. The molecular weight excluding hydrogens is 356 g/mol. The van der Waals surface area contributed by atoms with Gasteiger partial charge < -0.3 is 15.1 Å². The summed E-state index contributed by atoms with van der Waals surface area (Å²) in [5.41, 5.74) is 1.46. The molecule has 0 radical (unpaired) electrons. The number of para-hydroxylation sites is 2. The lowest BCUT2D eigenvalue weighted by molar-refractivity contribution is -0.120. The molecule has 0 spiro atoms. The molecule has 1 saturated heterocycles. The zero-order chi connectivity index (χ0) is 19.5. The molecule has 0 unspecified atom stereocenters. The van der Waals surface area contributed by atoms with Crippen molar-refractivity contribution in [3.63, 3.8) is 0 Å². The van der Waals surface area contributed by atoms with Crippen LogP contribution in [0.5, 0.6) is 0 Å². The van der Waals surface area contributed by atoms with Gasteiger partial charge in [-0.3, -0.25) is 14.5 Å². The Morgan fingerprint density at radius 2 is 1.82 bits per heavy atom. The van der Waals surface area contributed by atoms with Crippen LogP contribution >= 0.6 is 0 Å². The van der Waals surface area contributed by atoms with Crippen molar-refractivity contribution in [3.05, 3.63) is 42.7 Å². The summed E-state index contributed by atoms with van der Waals surface area (Å²) in [6.45, 7) is 5.35. The quantitative estimate of drug-likeness (QED) is 0.866. The Kier molecular flexibility index (Phi) is 5.21. The maximum Gasteiger partial charge on any atom is 0.241 e. The summed E-state index contributed by atoms with van der Waals surface area (Å²) in [6, 6.07) is 9.10. The van der Waals surface area contributed by atoms with Gasteiger partial charge in [-0.05, 0) is 25.1 Å². The van der Waals surface area contributed by atoms with E-state index in [0.29, 0.717) is 18.7 Å². The van der Waals surface area contributed by atoms with Crippen molar-refractivity contribution in [1.82, 2.24) is 14.9 Å². The lowest BCUT2D eigenvalue weighted by Gasteiger charge is -2.36. The van der Waals surface area contributed by atoms with Gasteiger partial charge in [-0.25, -0.2) is 9.97 Å². The largest absolute Gasteiger partial charge is 0.338 e. The molecule has 8 heteroatoms. The fourth-order valence-corrected chi connectivity index (χ4v) is 3.80. The third-order valence-electron chi connectivity index (χ3n) is 5.19. The fraction of sp³-hybridized carbons (Fsp3) is 0.400. The summed E-state index contributed by atoms with van der Waals surface area (Å²) < 4.78 is 0. The maximum absolute atomic E-state index is 13.2. The highest BCUT2D eigenvalue weighted by molar-refractivity contribution is 6.04. The average molecular weight is 380 g/mol. The van der Waals surface area contributed by atoms with Crippen LogP contribution in [0.25, 0.3) is 0 Å². The van der Waals surface area contributed by atoms with Crippen LogP contribution in [0, 0.1) is 0 Å². The number of fused-ring (bicyclic) bond motifs is 1. The first-order chi connectivity index (χ1) is 13.6. The average Bonchev–Trinajstić information content (AvgIpc) is 2.83. The van der Waals surface area contributed by atoms with E-state index in [1.807, 2.05) is 31.2 Å². The number of rotatable bonds is 3. The number of carbonyl (C=O) groups is 2. The van der Waals surface area contributed by atoms with E-state index in [2.05, 4.69) is 25.1 Å². The Bertz CT molecular complexity index is 851. The molecule has 0 saturated carbocycles. The van der Waals surface area contributed by atoms with Crippen LogP contribution in [-0.2, 0) is 9.59 Å². The first kappa shape index (κ1) is 18.4. The highest BCUT2D eigenvalue weighted by atomic mass is 16.2. The fourth-order valence-electron chi connectivity index (χ4n) is 3.80. The molecule has 8 nitrogen and oxygen atoms in total.